The second-order valence-electron chi connectivity index (χ2n) is 20.2. The first-order chi connectivity index (χ1) is 35.3. The SMILES string of the molecule is C[C@H]1OC(=O)[C@]2(O)C[C@@H]3CCCC[C@H]3[C@H](/C=C/c3ccc(-c4cccc(F)c4)cn3)[C@H]12.C[C@H]1OC(=O)[C@]2(OC(N)=O)C[C@@H]3CCCC[C@H]3[C@H](/C=C/c3ccc(-c4cccc(F)c4)cn3)[C@H]12.O=C=NC(=O)C(Cl)(Cl)Cl. The summed E-state index contributed by atoms with van der Waals surface area (Å²) in [5.74, 6) is -1.62. The summed E-state index contributed by atoms with van der Waals surface area (Å²) in [4.78, 5) is 68.5. The molecule has 0 bridgehead atoms. The molecule has 74 heavy (non-hydrogen) atoms. The Balaban J connectivity index is 0.000000170. The molecule has 18 heteroatoms. The molecule has 2 saturated heterocycles. The number of pyridine rings is 2. The second-order valence-corrected chi connectivity index (χ2v) is 22.5. The number of alkyl halides is 3. The summed E-state index contributed by atoms with van der Waals surface area (Å²) in [6.45, 7) is 3.77. The summed E-state index contributed by atoms with van der Waals surface area (Å²) in [7, 11) is 0. The van der Waals surface area contributed by atoms with Crippen LogP contribution in [0.5, 0.6) is 0 Å². The average Bonchev–Trinajstić information content (AvgIpc) is 3.75. The van der Waals surface area contributed by atoms with Crippen molar-refractivity contribution in [3.63, 3.8) is 0 Å². The maximum absolute atomic E-state index is 13.6. The Labute approximate surface area is 442 Å². The molecule has 13 nitrogen and oxygen atoms in total. The van der Waals surface area contributed by atoms with Crippen molar-refractivity contribution in [2.45, 2.75) is 105 Å². The summed E-state index contributed by atoms with van der Waals surface area (Å²) in [6.07, 6.45) is 20.8. The summed E-state index contributed by atoms with van der Waals surface area (Å²) >= 11 is 14.9. The Morgan fingerprint density at radius 1 is 0.743 bits per heavy atom. The zero-order valence-electron chi connectivity index (χ0n) is 40.8. The molecule has 390 valence electrons. The van der Waals surface area contributed by atoms with E-state index >= 15 is 0 Å². The number of hydrogen-bond acceptors (Lipinski definition) is 11. The van der Waals surface area contributed by atoms with E-state index in [1.54, 1.807) is 24.5 Å². The van der Waals surface area contributed by atoms with Crippen LogP contribution in [-0.2, 0) is 33.4 Å². The number of cyclic esters (lactones) is 2. The van der Waals surface area contributed by atoms with E-state index in [1.807, 2.05) is 62.4 Å². The second kappa shape index (κ2) is 23.0. The molecule has 2 aliphatic heterocycles. The summed E-state index contributed by atoms with van der Waals surface area (Å²) < 4.78 is 41.6. The quantitative estimate of drug-likeness (QED) is 0.0587. The Kier molecular flexibility index (Phi) is 16.9. The predicted octanol–water partition coefficient (Wildman–Crippen LogP) is 11.4. The lowest BCUT2D eigenvalue weighted by Gasteiger charge is -2.49. The molecule has 4 aromatic rings. The van der Waals surface area contributed by atoms with Crippen molar-refractivity contribution in [1.29, 1.82) is 0 Å². The number of aliphatic imine (C=N–C) groups is 1. The van der Waals surface area contributed by atoms with Gasteiger partial charge in [0.2, 0.25) is 11.7 Å². The van der Waals surface area contributed by atoms with Gasteiger partial charge in [-0.25, -0.2) is 28.0 Å². The Hall–Kier alpha value is -5.83. The number of amides is 2. The number of primary amides is 1. The number of halogens is 5. The Bertz CT molecular complexity index is 2830. The average molecular weight is 1070 g/mol. The summed E-state index contributed by atoms with van der Waals surface area (Å²) in [5, 5.41) is 11.3. The van der Waals surface area contributed by atoms with Crippen LogP contribution in [0.25, 0.3) is 34.4 Å². The monoisotopic (exact) mass is 1070 g/mol. The highest BCUT2D eigenvalue weighted by Crippen LogP contribution is 2.58. The van der Waals surface area contributed by atoms with Crippen molar-refractivity contribution in [3.8, 4) is 22.3 Å². The number of carbonyl (C=O) groups excluding carboxylic acids is 5. The van der Waals surface area contributed by atoms with Gasteiger partial charge in [-0.15, -0.1) is 4.99 Å². The molecule has 3 N–H and O–H groups in total. The molecule has 2 aromatic heterocycles. The number of esters is 2. The number of ether oxygens (including phenoxy) is 3. The van der Waals surface area contributed by atoms with Gasteiger partial charge in [-0.05, 0) is 135 Å². The molecular weight excluding hydrogens is 1020 g/mol. The van der Waals surface area contributed by atoms with Crippen molar-refractivity contribution in [2.24, 2.45) is 58.1 Å². The molecule has 6 fully saturated rings. The number of rotatable bonds is 7. The third kappa shape index (κ3) is 11.8. The van der Waals surface area contributed by atoms with Crippen molar-refractivity contribution in [2.75, 3.05) is 0 Å². The third-order valence-electron chi connectivity index (χ3n) is 15.8. The van der Waals surface area contributed by atoms with E-state index < -0.39 is 38.9 Å². The van der Waals surface area contributed by atoms with Gasteiger partial charge in [-0.2, -0.15) is 0 Å². The van der Waals surface area contributed by atoms with Crippen LogP contribution >= 0.6 is 34.8 Å². The van der Waals surface area contributed by atoms with Crippen LogP contribution in [0.3, 0.4) is 0 Å². The molecule has 12 atom stereocenters. The van der Waals surface area contributed by atoms with Crippen LogP contribution in [0.4, 0.5) is 13.6 Å². The van der Waals surface area contributed by atoms with Crippen LogP contribution in [0.15, 0.2) is 102 Å². The van der Waals surface area contributed by atoms with Gasteiger partial charge in [0.05, 0.1) is 17.3 Å². The summed E-state index contributed by atoms with van der Waals surface area (Å²) in [6, 6.07) is 20.6. The number of carbonyl (C=O) groups is 4. The van der Waals surface area contributed by atoms with Gasteiger partial charge in [-0.3, -0.25) is 14.8 Å². The van der Waals surface area contributed by atoms with Gasteiger partial charge >= 0.3 is 23.9 Å². The fourth-order valence-electron chi connectivity index (χ4n) is 12.8. The van der Waals surface area contributed by atoms with E-state index in [1.165, 1.54) is 30.7 Å². The van der Waals surface area contributed by atoms with E-state index in [0.29, 0.717) is 30.6 Å². The molecule has 4 aliphatic carbocycles. The van der Waals surface area contributed by atoms with Crippen LogP contribution in [0, 0.1) is 59.0 Å². The molecular formula is C56H57Cl3F2N4O9. The van der Waals surface area contributed by atoms with E-state index in [-0.39, 0.29) is 53.4 Å². The smallest absolute Gasteiger partial charge is 0.405 e. The highest BCUT2D eigenvalue weighted by Gasteiger charge is 2.66. The predicted molar refractivity (Wildman–Crippen MR) is 274 cm³/mol. The van der Waals surface area contributed by atoms with E-state index in [4.69, 9.17) is 54.7 Å². The molecule has 0 spiro atoms. The number of nitrogens with zero attached hydrogens (tertiary/aromatic N) is 3. The molecule has 2 amide bonds. The van der Waals surface area contributed by atoms with Crippen LogP contribution in [0.2, 0.25) is 0 Å². The Morgan fingerprint density at radius 2 is 1.23 bits per heavy atom. The van der Waals surface area contributed by atoms with Crippen molar-refractivity contribution in [1.82, 2.24) is 9.97 Å². The number of benzene rings is 2. The maximum atomic E-state index is 13.6. The van der Waals surface area contributed by atoms with Crippen LogP contribution in [0.1, 0.15) is 89.4 Å². The van der Waals surface area contributed by atoms with Gasteiger partial charge in [0.1, 0.15) is 23.8 Å². The first kappa shape index (κ1) is 54.4. The number of aromatic nitrogens is 2. The zero-order valence-corrected chi connectivity index (χ0v) is 43.0. The molecule has 0 unspecified atom stereocenters. The lowest BCUT2D eigenvalue weighted by molar-refractivity contribution is -0.162. The highest BCUT2D eigenvalue weighted by molar-refractivity contribution is 6.76. The number of nitrogens with two attached hydrogens (primary N) is 1. The highest BCUT2D eigenvalue weighted by atomic mass is 35.6. The third-order valence-corrected chi connectivity index (χ3v) is 16.3. The van der Waals surface area contributed by atoms with E-state index in [0.717, 1.165) is 84.7 Å². The molecule has 0 radical (unpaired) electrons. The molecule has 10 rings (SSSR count). The van der Waals surface area contributed by atoms with Gasteiger partial charge in [0.15, 0.2) is 5.60 Å². The number of fused-ring (bicyclic) bond motifs is 4. The zero-order chi connectivity index (χ0) is 53.0. The topological polar surface area (TPSA) is 197 Å². The van der Waals surface area contributed by atoms with E-state index in [2.05, 4.69) is 27.1 Å². The van der Waals surface area contributed by atoms with Crippen molar-refractivity contribution >= 4 is 77.0 Å². The maximum Gasteiger partial charge on any atom is 0.405 e. The normalized spacial score (nSPS) is 30.9. The lowest BCUT2D eigenvalue weighted by atomic mass is 9.55. The molecule has 6 aliphatic rings. The standard InChI is InChI=1S/C27H29FN2O4.C26H28FNO3.C3Cl3NO2/c1-16-24-23(12-11-21-10-9-19(15-30-21)17-6-4-7-20(28)13-17)22-8-3-2-5-18(22)14-27(24,25(31)33-16)34-26(29)32;1-16-24-23(22-8-3-2-5-18(22)14-26(24,30)25(29)31-16)12-11-21-10-9-19(15-28-21)17-6-4-7-20(27)13-17;4-3(5,6)2(9)7-1-8/h4,6-7,9-13,15-16,18,22-24H,2-3,5,8,14H2,1H3,(H2,29,32);4,6-7,9-13,15-16,18,22-24,30H,2-3,5,8,14H2,1H3;/b2*12-11+;/t16-,18+,22-,23+,24+,27+;16-,18+,22-,23+,24+,26+;/m11./s1. The minimum atomic E-state index is -2.14. The van der Waals surface area contributed by atoms with E-state index in [9.17, 15) is 37.9 Å². The van der Waals surface area contributed by atoms with Crippen LogP contribution < -0.4 is 5.73 Å². The molecule has 4 saturated carbocycles. The molecule has 4 heterocycles. The van der Waals surface area contributed by atoms with Gasteiger partial charge in [-0.1, -0.05) is 115 Å². The number of isocyanates is 1. The fraction of sp³-hybridized carbons (Fsp3) is 0.446. The number of allylic oxidation sites excluding steroid dienone is 2. The first-order valence-electron chi connectivity index (χ1n) is 24.9. The van der Waals surface area contributed by atoms with Gasteiger partial charge < -0.3 is 25.1 Å². The first-order valence-corrected chi connectivity index (χ1v) is 26.1. The summed E-state index contributed by atoms with van der Waals surface area (Å²) in [5.41, 5.74) is 7.53. The largest absolute Gasteiger partial charge is 0.460 e. The minimum Gasteiger partial charge on any atom is -0.460 e. The number of aliphatic hydroxyl groups is 1. The minimum absolute atomic E-state index is 0.00968. The number of hydrogen-bond donors (Lipinski definition) is 2. The molecule has 2 aromatic carbocycles. The van der Waals surface area contributed by atoms with Gasteiger partial charge in [0.25, 0.3) is 3.79 Å². The Morgan fingerprint density at radius 3 is 1.69 bits per heavy atom. The van der Waals surface area contributed by atoms with Crippen LogP contribution in [-0.4, -0.2) is 72.3 Å². The van der Waals surface area contributed by atoms with Crippen molar-refractivity contribution < 1.29 is 52.1 Å². The van der Waals surface area contributed by atoms with Gasteiger partial charge in [0, 0.05) is 35.9 Å². The fourth-order valence-corrected chi connectivity index (χ4v) is 12.9. The lowest BCUT2D eigenvalue weighted by Crippen LogP contribution is -2.57. The van der Waals surface area contributed by atoms with Crippen molar-refractivity contribution in [3.05, 3.63) is 120 Å².